The number of para-hydroxylation sites is 1. The van der Waals surface area contributed by atoms with Crippen LogP contribution in [0.2, 0.25) is 0 Å². The Kier molecular flexibility index (Phi) is 5.38. The molecule has 37 heavy (non-hydrogen) atoms. The van der Waals surface area contributed by atoms with Crippen LogP contribution in [-0.2, 0) is 6.54 Å². The van der Waals surface area contributed by atoms with Gasteiger partial charge in [0.2, 0.25) is 0 Å². The van der Waals surface area contributed by atoms with Crippen molar-refractivity contribution in [3.05, 3.63) is 115 Å². The van der Waals surface area contributed by atoms with Crippen molar-refractivity contribution >= 4 is 32.4 Å². The zero-order valence-corrected chi connectivity index (χ0v) is 21.1. The third kappa shape index (κ3) is 3.60. The molecule has 3 saturated heterocycles. The zero-order chi connectivity index (χ0) is 25.0. The maximum atomic E-state index is 12.1. The van der Waals surface area contributed by atoms with Crippen LogP contribution in [0.1, 0.15) is 30.1 Å². The van der Waals surface area contributed by atoms with Crippen molar-refractivity contribution in [2.24, 2.45) is 11.8 Å². The summed E-state index contributed by atoms with van der Waals surface area (Å²) in [5, 5.41) is 18.4. The lowest BCUT2D eigenvalue weighted by molar-refractivity contribution is -0.984. The van der Waals surface area contributed by atoms with Gasteiger partial charge >= 0.3 is 0 Å². The molecule has 1 N–H and O–H groups in total. The molecule has 3 aliphatic heterocycles. The molecule has 5 aromatic rings. The molecule has 3 nitrogen and oxygen atoms in total. The van der Waals surface area contributed by atoms with Crippen molar-refractivity contribution in [3.63, 3.8) is 0 Å². The fraction of sp³-hybridized carbons (Fsp3) is 0.265. The van der Waals surface area contributed by atoms with Gasteiger partial charge in [0, 0.05) is 35.9 Å². The number of aliphatic hydroxyl groups is 1. The molecule has 0 radical (unpaired) electrons. The summed E-state index contributed by atoms with van der Waals surface area (Å²) in [6, 6.07) is 30.3. The normalized spacial score (nSPS) is 26.0. The first-order valence-electron chi connectivity index (χ1n) is 13.6. The molecule has 0 spiro atoms. The van der Waals surface area contributed by atoms with E-state index in [1.54, 1.807) is 0 Å². The van der Waals surface area contributed by atoms with Gasteiger partial charge in [0.25, 0.3) is 0 Å². The molecule has 2 bridgehead atoms. The molecular weight excluding hydrogens is 452 g/mol. The van der Waals surface area contributed by atoms with Crippen LogP contribution in [0.25, 0.3) is 32.4 Å². The van der Waals surface area contributed by atoms with E-state index in [4.69, 9.17) is 0 Å². The van der Waals surface area contributed by atoms with Crippen molar-refractivity contribution in [2.75, 3.05) is 13.1 Å². The molecule has 8 rings (SSSR count). The molecule has 1 aromatic heterocycles. The van der Waals surface area contributed by atoms with Crippen molar-refractivity contribution in [1.82, 2.24) is 4.98 Å². The van der Waals surface area contributed by atoms with Crippen LogP contribution >= 0.6 is 0 Å². The molecule has 5 atom stereocenters. The predicted molar refractivity (Wildman–Crippen MR) is 152 cm³/mol. The number of hydrogen-bond donors (Lipinski definition) is 1. The van der Waals surface area contributed by atoms with Crippen LogP contribution in [0.5, 0.6) is 0 Å². The first-order valence-corrected chi connectivity index (χ1v) is 13.6. The van der Waals surface area contributed by atoms with E-state index >= 15 is 0 Å². The minimum absolute atomic E-state index is 0.137. The largest absolute Gasteiger partial charge is 0.382 e. The fourth-order valence-corrected chi connectivity index (χ4v) is 7.56. The number of fused-ring (bicyclic) bond motifs is 6. The maximum absolute atomic E-state index is 12.1. The lowest BCUT2D eigenvalue weighted by Crippen LogP contribution is -2.67. The van der Waals surface area contributed by atoms with Crippen LogP contribution in [-0.4, -0.2) is 33.7 Å². The molecular formula is C34H33N2O+. The third-order valence-corrected chi connectivity index (χ3v) is 9.40. The van der Waals surface area contributed by atoms with Crippen molar-refractivity contribution in [2.45, 2.75) is 31.5 Å². The Morgan fingerprint density at radius 2 is 1.59 bits per heavy atom. The van der Waals surface area contributed by atoms with E-state index in [1.165, 1.54) is 33.5 Å². The van der Waals surface area contributed by atoms with Crippen LogP contribution < -0.4 is 0 Å². The van der Waals surface area contributed by atoms with Crippen LogP contribution in [0.3, 0.4) is 0 Å². The highest BCUT2D eigenvalue weighted by Crippen LogP contribution is 2.49. The van der Waals surface area contributed by atoms with Gasteiger partial charge in [-0.15, -0.1) is 6.58 Å². The highest BCUT2D eigenvalue weighted by atomic mass is 16.3. The fourth-order valence-electron chi connectivity index (χ4n) is 7.56. The molecule has 3 heteroatoms. The Morgan fingerprint density at radius 1 is 0.919 bits per heavy atom. The van der Waals surface area contributed by atoms with Gasteiger partial charge in [-0.05, 0) is 51.2 Å². The molecule has 184 valence electrons. The molecule has 2 unspecified atom stereocenters. The third-order valence-electron chi connectivity index (χ3n) is 9.40. The Labute approximate surface area is 218 Å². The summed E-state index contributed by atoms with van der Waals surface area (Å²) < 4.78 is 0.906. The number of pyridine rings is 1. The van der Waals surface area contributed by atoms with Gasteiger partial charge in [-0.25, -0.2) is 0 Å². The first kappa shape index (κ1) is 22.7. The van der Waals surface area contributed by atoms with E-state index in [-0.39, 0.29) is 6.04 Å². The van der Waals surface area contributed by atoms with E-state index in [2.05, 4.69) is 78.3 Å². The second-order valence-electron chi connectivity index (χ2n) is 11.2. The van der Waals surface area contributed by atoms with Crippen LogP contribution in [0.15, 0.2) is 104 Å². The highest BCUT2D eigenvalue weighted by Gasteiger charge is 2.54. The zero-order valence-electron chi connectivity index (χ0n) is 21.1. The van der Waals surface area contributed by atoms with Gasteiger partial charge in [0.1, 0.15) is 18.7 Å². The quantitative estimate of drug-likeness (QED) is 0.162. The first-order chi connectivity index (χ1) is 18.2. The Hall–Kier alpha value is -3.53. The van der Waals surface area contributed by atoms with E-state index in [1.807, 2.05) is 30.5 Å². The molecule has 0 aliphatic carbocycles. The second-order valence-corrected chi connectivity index (χ2v) is 11.2. The molecule has 0 saturated carbocycles. The monoisotopic (exact) mass is 485 g/mol. The standard InChI is InChI=1S/C34H33N2O/c1-2-23-21-36(22-31-27-11-5-3-9-25(27)19-26-10-4-6-12-28(26)31)18-16-24(23)20-33(36)34(37)30-15-17-35-32-14-8-7-13-29(30)32/h2-15,17,19,23-24,33-34,37H,1,16,18,20-22H2/q+1/t23?,24?,33-,34+,36-/m0/s1. The average molecular weight is 486 g/mol. The predicted octanol–water partition coefficient (Wildman–Crippen LogP) is 7.19. The number of quaternary nitrogens is 1. The summed E-state index contributed by atoms with van der Waals surface area (Å²) in [5.41, 5.74) is 3.37. The van der Waals surface area contributed by atoms with Gasteiger partial charge in [-0.2, -0.15) is 0 Å². The summed E-state index contributed by atoms with van der Waals surface area (Å²) in [4.78, 5) is 4.57. The number of piperidine rings is 3. The molecule has 4 aromatic carbocycles. The number of nitrogens with zero attached hydrogens (tertiary/aromatic N) is 2. The highest BCUT2D eigenvalue weighted by molar-refractivity contribution is 6.02. The SMILES string of the molecule is C=CC1C[N@+]2(Cc3c4ccccc4cc4ccccc34)CCC1C[C@H]2[C@H](O)c1ccnc2ccccc12. The number of aromatic nitrogens is 1. The van der Waals surface area contributed by atoms with Gasteiger partial charge in [-0.3, -0.25) is 4.98 Å². The van der Waals surface area contributed by atoms with E-state index in [0.717, 1.165) is 47.0 Å². The minimum atomic E-state index is -0.539. The topological polar surface area (TPSA) is 33.1 Å². The van der Waals surface area contributed by atoms with E-state index < -0.39 is 6.10 Å². The van der Waals surface area contributed by atoms with Crippen molar-refractivity contribution in [1.29, 1.82) is 0 Å². The van der Waals surface area contributed by atoms with Gasteiger partial charge < -0.3 is 9.59 Å². The van der Waals surface area contributed by atoms with Crippen LogP contribution in [0.4, 0.5) is 0 Å². The Balaban J connectivity index is 1.39. The summed E-state index contributed by atoms with van der Waals surface area (Å²) >= 11 is 0. The molecule has 4 heterocycles. The summed E-state index contributed by atoms with van der Waals surface area (Å²) in [5.74, 6) is 1.09. The summed E-state index contributed by atoms with van der Waals surface area (Å²) in [6.45, 7) is 7.28. The smallest absolute Gasteiger partial charge is 0.131 e. The summed E-state index contributed by atoms with van der Waals surface area (Å²) in [6.07, 6.45) is 5.72. The van der Waals surface area contributed by atoms with E-state index in [0.29, 0.717) is 11.8 Å². The lowest BCUT2D eigenvalue weighted by Gasteiger charge is -2.58. The van der Waals surface area contributed by atoms with Gasteiger partial charge in [0.05, 0.1) is 18.6 Å². The molecule has 0 amide bonds. The second kappa shape index (κ2) is 8.79. The lowest BCUT2D eigenvalue weighted by atomic mass is 9.71. The average Bonchev–Trinajstić information content (AvgIpc) is 2.96. The number of hydrogen-bond acceptors (Lipinski definition) is 2. The molecule has 3 fully saturated rings. The van der Waals surface area contributed by atoms with Gasteiger partial charge in [0.15, 0.2) is 0 Å². The number of aliphatic hydroxyl groups excluding tert-OH is 1. The van der Waals surface area contributed by atoms with Crippen LogP contribution in [0, 0.1) is 11.8 Å². The minimum Gasteiger partial charge on any atom is -0.382 e. The van der Waals surface area contributed by atoms with Crippen molar-refractivity contribution < 1.29 is 9.59 Å². The summed E-state index contributed by atoms with van der Waals surface area (Å²) in [7, 11) is 0. The number of rotatable bonds is 5. The Morgan fingerprint density at radius 3 is 2.32 bits per heavy atom. The van der Waals surface area contributed by atoms with Gasteiger partial charge in [-0.1, -0.05) is 72.8 Å². The molecule has 3 aliphatic rings. The van der Waals surface area contributed by atoms with Crippen molar-refractivity contribution in [3.8, 4) is 0 Å². The number of benzene rings is 4. The maximum Gasteiger partial charge on any atom is 0.131 e. The Bertz CT molecular complexity index is 1580. The van der Waals surface area contributed by atoms with E-state index in [9.17, 15) is 5.11 Å².